The van der Waals surface area contributed by atoms with Crippen LogP contribution in [0.5, 0.6) is 0 Å². The smallest absolute Gasteiger partial charge is 0.238 e. The van der Waals surface area contributed by atoms with Crippen molar-refractivity contribution < 1.29 is 13.2 Å². The highest BCUT2D eigenvalue weighted by Crippen LogP contribution is 2.16. The van der Waals surface area contributed by atoms with E-state index in [1.54, 1.807) is 12.1 Å². The molecule has 0 amide bonds. The summed E-state index contributed by atoms with van der Waals surface area (Å²) in [6, 6.07) is 6.73. The molecular weight excluding hydrogens is 288 g/mol. The lowest BCUT2D eigenvalue weighted by atomic mass is 10.1. The lowest BCUT2D eigenvalue weighted by Crippen LogP contribution is -2.24. The molecular formula is C15H26N2O3S. The topological polar surface area (TPSA) is 81.4 Å². The fourth-order valence-corrected chi connectivity index (χ4v) is 2.42. The van der Waals surface area contributed by atoms with Crippen molar-refractivity contribution in [3.63, 3.8) is 0 Å². The molecule has 1 aromatic rings. The highest BCUT2D eigenvalue weighted by Gasteiger charge is 2.11. The number of hydrogen-bond donors (Lipinski definition) is 2. The van der Waals surface area contributed by atoms with Crippen LogP contribution >= 0.6 is 0 Å². The first-order valence-electron chi connectivity index (χ1n) is 7.24. The van der Waals surface area contributed by atoms with Crippen molar-refractivity contribution in [1.82, 2.24) is 5.32 Å². The minimum Gasteiger partial charge on any atom is -0.380 e. The molecule has 3 N–H and O–H groups in total. The minimum atomic E-state index is -3.65. The van der Waals surface area contributed by atoms with E-state index < -0.39 is 10.0 Å². The molecule has 1 rings (SSSR count). The SMILES string of the molecule is CC(C)CCOCCNC(C)c1cccc(S(N)(=O)=O)c1. The summed E-state index contributed by atoms with van der Waals surface area (Å²) in [7, 11) is -3.65. The van der Waals surface area contributed by atoms with E-state index in [1.807, 2.05) is 13.0 Å². The van der Waals surface area contributed by atoms with E-state index in [-0.39, 0.29) is 10.9 Å². The van der Waals surface area contributed by atoms with Gasteiger partial charge in [-0.2, -0.15) is 0 Å². The van der Waals surface area contributed by atoms with Crippen LogP contribution in [0.15, 0.2) is 29.2 Å². The first kappa shape index (κ1) is 18.1. The quantitative estimate of drug-likeness (QED) is 0.684. The van der Waals surface area contributed by atoms with E-state index in [2.05, 4.69) is 19.2 Å². The number of nitrogens with one attached hydrogen (secondary N) is 1. The van der Waals surface area contributed by atoms with E-state index in [0.717, 1.165) is 25.1 Å². The molecule has 6 heteroatoms. The second-order valence-corrected chi connectivity index (χ2v) is 7.15. The monoisotopic (exact) mass is 314 g/mol. The third-order valence-electron chi connectivity index (χ3n) is 3.22. The van der Waals surface area contributed by atoms with Gasteiger partial charge < -0.3 is 10.1 Å². The van der Waals surface area contributed by atoms with Crippen molar-refractivity contribution in [2.24, 2.45) is 11.1 Å². The van der Waals surface area contributed by atoms with Gasteiger partial charge in [0.2, 0.25) is 10.0 Å². The van der Waals surface area contributed by atoms with E-state index in [9.17, 15) is 8.42 Å². The van der Waals surface area contributed by atoms with Crippen molar-refractivity contribution in [1.29, 1.82) is 0 Å². The van der Waals surface area contributed by atoms with Gasteiger partial charge in [-0.3, -0.25) is 0 Å². The molecule has 1 aromatic carbocycles. The molecule has 0 fully saturated rings. The molecule has 5 nitrogen and oxygen atoms in total. The third kappa shape index (κ3) is 7.04. The Balaban J connectivity index is 2.40. The Morgan fingerprint density at radius 3 is 2.57 bits per heavy atom. The molecule has 0 heterocycles. The number of nitrogens with two attached hydrogens (primary N) is 1. The zero-order valence-electron chi connectivity index (χ0n) is 13.0. The van der Waals surface area contributed by atoms with E-state index in [1.165, 1.54) is 6.07 Å². The number of rotatable bonds is 9. The lowest BCUT2D eigenvalue weighted by molar-refractivity contribution is 0.123. The summed E-state index contributed by atoms with van der Waals surface area (Å²) in [5, 5.41) is 8.44. The second kappa shape index (κ2) is 8.48. The molecule has 0 bridgehead atoms. The molecule has 1 unspecified atom stereocenters. The van der Waals surface area contributed by atoms with Gasteiger partial charge in [-0.05, 0) is 37.0 Å². The van der Waals surface area contributed by atoms with Crippen LogP contribution in [0.2, 0.25) is 0 Å². The standard InChI is InChI=1S/C15H26N2O3S/c1-12(2)7-9-20-10-8-17-13(3)14-5-4-6-15(11-14)21(16,18)19/h4-6,11-13,17H,7-10H2,1-3H3,(H2,16,18,19). The van der Waals surface area contributed by atoms with Crippen molar-refractivity contribution >= 4 is 10.0 Å². The number of primary sulfonamides is 1. The van der Waals surface area contributed by atoms with Gasteiger partial charge in [0.25, 0.3) is 0 Å². The van der Waals surface area contributed by atoms with Crippen LogP contribution in [-0.2, 0) is 14.8 Å². The average molecular weight is 314 g/mol. The normalized spacial score (nSPS) is 13.6. The van der Waals surface area contributed by atoms with E-state index >= 15 is 0 Å². The van der Waals surface area contributed by atoms with Gasteiger partial charge in [-0.15, -0.1) is 0 Å². The van der Waals surface area contributed by atoms with E-state index in [0.29, 0.717) is 12.5 Å². The fourth-order valence-electron chi connectivity index (χ4n) is 1.85. The Morgan fingerprint density at radius 2 is 1.95 bits per heavy atom. The van der Waals surface area contributed by atoms with Gasteiger partial charge >= 0.3 is 0 Å². The summed E-state index contributed by atoms with van der Waals surface area (Å²) in [5.74, 6) is 0.651. The van der Waals surface area contributed by atoms with Gasteiger partial charge in [-0.1, -0.05) is 26.0 Å². The van der Waals surface area contributed by atoms with Crippen LogP contribution in [0.25, 0.3) is 0 Å². The Bertz CT molecular complexity index is 529. The van der Waals surface area contributed by atoms with Gasteiger partial charge in [0, 0.05) is 19.2 Å². The molecule has 0 radical (unpaired) electrons. The van der Waals surface area contributed by atoms with Gasteiger partial charge in [0.05, 0.1) is 11.5 Å². The Labute approximate surface area is 127 Å². The van der Waals surface area contributed by atoms with Crippen molar-refractivity contribution in [2.75, 3.05) is 19.8 Å². The first-order chi connectivity index (χ1) is 9.80. The summed E-state index contributed by atoms with van der Waals surface area (Å²) in [6.45, 7) is 8.46. The molecule has 0 saturated heterocycles. The largest absolute Gasteiger partial charge is 0.380 e. The summed E-state index contributed by atoms with van der Waals surface area (Å²) >= 11 is 0. The fraction of sp³-hybridized carbons (Fsp3) is 0.600. The van der Waals surface area contributed by atoms with Crippen LogP contribution in [0, 0.1) is 5.92 Å². The Hall–Kier alpha value is -0.950. The highest BCUT2D eigenvalue weighted by atomic mass is 32.2. The van der Waals surface area contributed by atoms with Crippen molar-refractivity contribution in [3.8, 4) is 0 Å². The molecule has 1 atom stereocenters. The molecule has 0 aliphatic carbocycles. The number of ether oxygens (including phenoxy) is 1. The molecule has 0 saturated carbocycles. The van der Waals surface area contributed by atoms with Gasteiger partial charge in [0.15, 0.2) is 0 Å². The lowest BCUT2D eigenvalue weighted by Gasteiger charge is -2.15. The average Bonchev–Trinajstić information content (AvgIpc) is 2.41. The number of sulfonamides is 1. The summed E-state index contributed by atoms with van der Waals surface area (Å²) < 4.78 is 28.2. The summed E-state index contributed by atoms with van der Waals surface area (Å²) in [4.78, 5) is 0.141. The first-order valence-corrected chi connectivity index (χ1v) is 8.79. The third-order valence-corrected chi connectivity index (χ3v) is 4.13. The molecule has 120 valence electrons. The predicted octanol–water partition coefficient (Wildman–Crippen LogP) is 2.05. The van der Waals surface area contributed by atoms with Gasteiger partial charge in [-0.25, -0.2) is 13.6 Å². The molecule has 0 aromatic heterocycles. The Morgan fingerprint density at radius 1 is 1.24 bits per heavy atom. The predicted molar refractivity (Wildman–Crippen MR) is 84.5 cm³/mol. The van der Waals surface area contributed by atoms with Crippen LogP contribution in [-0.4, -0.2) is 28.2 Å². The molecule has 0 aliphatic heterocycles. The van der Waals surface area contributed by atoms with Gasteiger partial charge in [0.1, 0.15) is 0 Å². The molecule has 0 aliphatic rings. The van der Waals surface area contributed by atoms with Crippen LogP contribution in [0.1, 0.15) is 38.8 Å². The maximum absolute atomic E-state index is 11.3. The zero-order valence-corrected chi connectivity index (χ0v) is 13.8. The Kier molecular flexibility index (Phi) is 7.31. The molecule has 21 heavy (non-hydrogen) atoms. The van der Waals surface area contributed by atoms with Crippen LogP contribution in [0.4, 0.5) is 0 Å². The minimum absolute atomic E-state index is 0.0420. The molecule has 0 spiro atoms. The van der Waals surface area contributed by atoms with Crippen molar-refractivity contribution in [3.05, 3.63) is 29.8 Å². The highest BCUT2D eigenvalue weighted by molar-refractivity contribution is 7.89. The van der Waals surface area contributed by atoms with Crippen LogP contribution < -0.4 is 10.5 Å². The second-order valence-electron chi connectivity index (χ2n) is 5.59. The number of benzene rings is 1. The van der Waals surface area contributed by atoms with E-state index in [4.69, 9.17) is 9.88 Å². The number of hydrogen-bond acceptors (Lipinski definition) is 4. The van der Waals surface area contributed by atoms with Crippen LogP contribution in [0.3, 0.4) is 0 Å². The zero-order chi connectivity index (χ0) is 15.9. The maximum Gasteiger partial charge on any atom is 0.238 e. The summed E-state index contributed by atoms with van der Waals surface area (Å²) in [5.41, 5.74) is 0.892. The van der Waals surface area contributed by atoms with Crippen molar-refractivity contribution in [2.45, 2.75) is 38.1 Å². The summed E-state index contributed by atoms with van der Waals surface area (Å²) in [6.07, 6.45) is 1.06. The maximum atomic E-state index is 11.3.